The van der Waals surface area contributed by atoms with Gasteiger partial charge in [0.25, 0.3) is 5.91 Å². The van der Waals surface area contributed by atoms with Crippen molar-refractivity contribution in [1.29, 1.82) is 0 Å². The highest BCUT2D eigenvalue weighted by molar-refractivity contribution is 5.95. The van der Waals surface area contributed by atoms with E-state index in [4.69, 9.17) is 4.74 Å². The summed E-state index contributed by atoms with van der Waals surface area (Å²) in [5.74, 6) is -1.43. The second kappa shape index (κ2) is 7.30. The standard InChI is InChI=1S/C20H17F2NO2/c1-2-18(20(24)23-17-11-10-14(21)12-16(17)22)25-19-9-5-7-13-6-3-4-8-15(13)19/h3-12,18H,2H2,1H3,(H,23,24). The molecule has 0 radical (unpaired) electrons. The van der Waals surface area contributed by atoms with Gasteiger partial charge in [0.2, 0.25) is 0 Å². The summed E-state index contributed by atoms with van der Waals surface area (Å²) >= 11 is 0. The van der Waals surface area contributed by atoms with Crippen LogP contribution in [0, 0.1) is 11.6 Å². The Morgan fingerprint density at radius 3 is 2.60 bits per heavy atom. The first-order chi connectivity index (χ1) is 12.1. The lowest BCUT2D eigenvalue weighted by atomic mass is 10.1. The zero-order valence-corrected chi connectivity index (χ0v) is 13.6. The van der Waals surface area contributed by atoms with Crippen molar-refractivity contribution in [2.75, 3.05) is 5.32 Å². The maximum Gasteiger partial charge on any atom is 0.265 e. The number of carbonyl (C=O) groups is 1. The van der Waals surface area contributed by atoms with E-state index in [9.17, 15) is 13.6 Å². The third-order valence-corrected chi connectivity index (χ3v) is 3.87. The first kappa shape index (κ1) is 16.9. The molecule has 0 saturated carbocycles. The molecule has 1 amide bonds. The Bertz CT molecular complexity index is 906. The minimum absolute atomic E-state index is 0.0774. The number of ether oxygens (including phenoxy) is 1. The van der Waals surface area contributed by atoms with Gasteiger partial charge in [0, 0.05) is 11.5 Å². The largest absolute Gasteiger partial charge is 0.480 e. The molecule has 3 rings (SSSR count). The molecule has 3 aromatic rings. The van der Waals surface area contributed by atoms with Crippen molar-refractivity contribution >= 4 is 22.4 Å². The predicted octanol–water partition coefficient (Wildman–Crippen LogP) is 4.91. The fraction of sp³-hybridized carbons (Fsp3) is 0.150. The summed E-state index contributed by atoms with van der Waals surface area (Å²) in [6.07, 6.45) is -0.395. The molecule has 128 valence electrons. The van der Waals surface area contributed by atoms with Crippen LogP contribution in [-0.2, 0) is 4.79 Å². The number of amides is 1. The second-order valence-electron chi connectivity index (χ2n) is 5.61. The average Bonchev–Trinajstić information content (AvgIpc) is 2.62. The number of hydrogen-bond donors (Lipinski definition) is 1. The van der Waals surface area contributed by atoms with Gasteiger partial charge in [-0.25, -0.2) is 8.78 Å². The van der Waals surface area contributed by atoms with Crippen LogP contribution in [0.4, 0.5) is 14.5 Å². The smallest absolute Gasteiger partial charge is 0.265 e. The lowest BCUT2D eigenvalue weighted by molar-refractivity contribution is -0.122. The molecule has 0 aromatic heterocycles. The Hall–Kier alpha value is -2.95. The van der Waals surface area contributed by atoms with Crippen molar-refractivity contribution in [2.24, 2.45) is 0 Å². The zero-order chi connectivity index (χ0) is 17.8. The van der Waals surface area contributed by atoms with E-state index in [1.165, 1.54) is 6.07 Å². The van der Waals surface area contributed by atoms with Gasteiger partial charge in [-0.2, -0.15) is 0 Å². The normalized spacial score (nSPS) is 12.0. The molecule has 0 aliphatic rings. The summed E-state index contributed by atoms with van der Waals surface area (Å²) < 4.78 is 32.6. The van der Waals surface area contributed by atoms with Crippen LogP contribution in [0.3, 0.4) is 0 Å². The van der Waals surface area contributed by atoms with Crippen molar-refractivity contribution in [3.63, 3.8) is 0 Å². The Morgan fingerprint density at radius 2 is 1.84 bits per heavy atom. The Morgan fingerprint density at radius 1 is 1.08 bits per heavy atom. The van der Waals surface area contributed by atoms with Crippen LogP contribution in [0.25, 0.3) is 10.8 Å². The molecule has 0 aliphatic carbocycles. The third kappa shape index (κ3) is 3.76. The highest BCUT2D eigenvalue weighted by Crippen LogP contribution is 2.27. The molecule has 5 heteroatoms. The number of rotatable bonds is 5. The van der Waals surface area contributed by atoms with E-state index in [-0.39, 0.29) is 5.69 Å². The molecule has 1 N–H and O–H groups in total. The summed E-state index contributed by atoms with van der Waals surface area (Å²) in [6.45, 7) is 1.80. The van der Waals surface area contributed by atoms with Crippen LogP contribution >= 0.6 is 0 Å². The summed E-state index contributed by atoms with van der Waals surface area (Å²) in [5.41, 5.74) is -0.0774. The summed E-state index contributed by atoms with van der Waals surface area (Å²) in [7, 11) is 0. The number of fused-ring (bicyclic) bond motifs is 1. The lowest BCUT2D eigenvalue weighted by Gasteiger charge is -2.18. The average molecular weight is 341 g/mol. The molecule has 0 bridgehead atoms. The molecule has 0 spiro atoms. The number of benzene rings is 3. The van der Waals surface area contributed by atoms with Gasteiger partial charge in [-0.15, -0.1) is 0 Å². The van der Waals surface area contributed by atoms with E-state index in [0.717, 1.165) is 22.9 Å². The molecule has 1 unspecified atom stereocenters. The van der Waals surface area contributed by atoms with E-state index < -0.39 is 23.6 Å². The van der Waals surface area contributed by atoms with Crippen LogP contribution in [0.5, 0.6) is 5.75 Å². The van der Waals surface area contributed by atoms with Crippen molar-refractivity contribution in [1.82, 2.24) is 0 Å². The van der Waals surface area contributed by atoms with E-state index in [0.29, 0.717) is 12.2 Å². The predicted molar refractivity (Wildman–Crippen MR) is 93.6 cm³/mol. The third-order valence-electron chi connectivity index (χ3n) is 3.87. The quantitative estimate of drug-likeness (QED) is 0.716. The second-order valence-corrected chi connectivity index (χ2v) is 5.61. The van der Waals surface area contributed by atoms with Gasteiger partial charge in [0.1, 0.15) is 17.4 Å². The molecular formula is C20H17F2NO2. The topological polar surface area (TPSA) is 38.3 Å². The highest BCUT2D eigenvalue weighted by atomic mass is 19.1. The number of nitrogens with one attached hydrogen (secondary N) is 1. The SMILES string of the molecule is CCC(Oc1cccc2ccccc12)C(=O)Nc1ccc(F)cc1F. The molecule has 0 fully saturated rings. The van der Waals surface area contributed by atoms with Crippen molar-refractivity contribution in [3.05, 3.63) is 72.3 Å². The van der Waals surface area contributed by atoms with Crippen LogP contribution in [0.15, 0.2) is 60.7 Å². The van der Waals surface area contributed by atoms with Crippen LogP contribution in [-0.4, -0.2) is 12.0 Å². The minimum atomic E-state index is -0.826. The Kier molecular flexibility index (Phi) is 4.93. The van der Waals surface area contributed by atoms with Crippen molar-refractivity contribution in [3.8, 4) is 5.75 Å². The van der Waals surface area contributed by atoms with Gasteiger partial charge in [-0.05, 0) is 30.0 Å². The van der Waals surface area contributed by atoms with Gasteiger partial charge in [-0.3, -0.25) is 4.79 Å². The minimum Gasteiger partial charge on any atom is -0.480 e. The van der Waals surface area contributed by atoms with Crippen LogP contribution < -0.4 is 10.1 Å². The number of halogens is 2. The van der Waals surface area contributed by atoms with Gasteiger partial charge >= 0.3 is 0 Å². The number of hydrogen-bond acceptors (Lipinski definition) is 2. The van der Waals surface area contributed by atoms with Crippen molar-refractivity contribution < 1.29 is 18.3 Å². The molecule has 0 heterocycles. The molecule has 3 aromatic carbocycles. The summed E-state index contributed by atoms with van der Waals surface area (Å²) in [6, 6.07) is 16.3. The maximum atomic E-state index is 13.7. The van der Waals surface area contributed by atoms with Crippen molar-refractivity contribution in [2.45, 2.75) is 19.4 Å². The van der Waals surface area contributed by atoms with E-state index in [2.05, 4.69) is 5.32 Å². The van der Waals surface area contributed by atoms with E-state index in [1.807, 2.05) is 36.4 Å². The molecule has 0 aliphatic heterocycles. The van der Waals surface area contributed by atoms with E-state index in [1.54, 1.807) is 13.0 Å². The monoisotopic (exact) mass is 341 g/mol. The number of anilines is 1. The van der Waals surface area contributed by atoms with Gasteiger partial charge < -0.3 is 10.1 Å². The first-order valence-electron chi connectivity index (χ1n) is 7.99. The van der Waals surface area contributed by atoms with Gasteiger partial charge in [0.05, 0.1) is 5.69 Å². The molecule has 3 nitrogen and oxygen atoms in total. The maximum absolute atomic E-state index is 13.7. The fourth-order valence-corrected chi connectivity index (χ4v) is 2.58. The first-order valence-corrected chi connectivity index (χ1v) is 7.99. The molecule has 0 saturated heterocycles. The summed E-state index contributed by atoms with van der Waals surface area (Å²) in [4.78, 5) is 12.4. The highest BCUT2D eigenvalue weighted by Gasteiger charge is 2.20. The molecular weight excluding hydrogens is 324 g/mol. The molecule has 25 heavy (non-hydrogen) atoms. The Labute approximate surface area is 144 Å². The van der Waals surface area contributed by atoms with E-state index >= 15 is 0 Å². The van der Waals surface area contributed by atoms with Gasteiger partial charge in [-0.1, -0.05) is 43.3 Å². The van der Waals surface area contributed by atoms with Crippen LogP contribution in [0.2, 0.25) is 0 Å². The fourth-order valence-electron chi connectivity index (χ4n) is 2.58. The van der Waals surface area contributed by atoms with Crippen LogP contribution in [0.1, 0.15) is 13.3 Å². The Balaban J connectivity index is 1.80. The van der Waals surface area contributed by atoms with Gasteiger partial charge in [0.15, 0.2) is 6.10 Å². The zero-order valence-electron chi connectivity index (χ0n) is 13.6. The summed E-state index contributed by atoms with van der Waals surface area (Å²) in [5, 5.41) is 4.34. The molecule has 1 atom stereocenters. The number of carbonyl (C=O) groups excluding carboxylic acids is 1. The lowest BCUT2D eigenvalue weighted by Crippen LogP contribution is -2.32.